The number of nitrogens with two attached hydrogens (primary N) is 1. The number of aromatic hydroxyl groups is 1. The third-order valence-electron chi connectivity index (χ3n) is 3.92. The fraction of sp³-hybridized carbons (Fsp3) is 0.500. The average molecular weight is 264 g/mol. The minimum atomic E-state index is -0.255. The lowest BCUT2D eigenvalue weighted by Gasteiger charge is -2.26. The zero-order valence-electron chi connectivity index (χ0n) is 10.9. The molecule has 1 aliphatic rings. The minimum Gasteiger partial charge on any atom is -0.506 e. The van der Waals surface area contributed by atoms with Crippen molar-refractivity contribution in [2.45, 2.75) is 25.7 Å². The molecule has 1 aromatic rings. The first-order valence-electron chi connectivity index (χ1n) is 6.54. The van der Waals surface area contributed by atoms with Gasteiger partial charge in [0.05, 0.1) is 12.3 Å². The van der Waals surface area contributed by atoms with Gasteiger partial charge in [0.25, 0.3) is 5.91 Å². The zero-order valence-corrected chi connectivity index (χ0v) is 10.9. The Morgan fingerprint density at radius 2 is 2.05 bits per heavy atom. The van der Waals surface area contributed by atoms with E-state index in [2.05, 4.69) is 5.32 Å². The number of nitrogens with one attached hydrogen (secondary N) is 1. The van der Waals surface area contributed by atoms with Gasteiger partial charge in [0.15, 0.2) is 0 Å². The van der Waals surface area contributed by atoms with Crippen molar-refractivity contribution in [3.63, 3.8) is 0 Å². The van der Waals surface area contributed by atoms with Crippen molar-refractivity contribution in [3.05, 3.63) is 23.8 Å². The van der Waals surface area contributed by atoms with Crippen LogP contribution in [-0.2, 0) is 0 Å². The van der Waals surface area contributed by atoms with Crippen LogP contribution in [0.5, 0.6) is 5.75 Å². The van der Waals surface area contributed by atoms with Crippen LogP contribution < -0.4 is 11.1 Å². The van der Waals surface area contributed by atoms with Crippen LogP contribution in [0.15, 0.2) is 18.2 Å². The number of hydrogen-bond donors (Lipinski definition) is 4. The number of phenolic OH excluding ortho intramolecular Hbond substituents is 1. The van der Waals surface area contributed by atoms with E-state index in [1.165, 1.54) is 12.1 Å². The maximum Gasteiger partial charge on any atom is 0.251 e. The van der Waals surface area contributed by atoms with Gasteiger partial charge in [-0.3, -0.25) is 4.79 Å². The van der Waals surface area contributed by atoms with Crippen molar-refractivity contribution in [1.29, 1.82) is 0 Å². The van der Waals surface area contributed by atoms with Crippen molar-refractivity contribution >= 4 is 11.6 Å². The lowest BCUT2D eigenvalue weighted by molar-refractivity contribution is 0.0880. The second kappa shape index (κ2) is 5.48. The maximum atomic E-state index is 12.0. The summed E-state index contributed by atoms with van der Waals surface area (Å²) >= 11 is 0. The van der Waals surface area contributed by atoms with Crippen molar-refractivity contribution in [2.75, 3.05) is 18.9 Å². The lowest BCUT2D eigenvalue weighted by atomic mass is 9.87. The van der Waals surface area contributed by atoms with Crippen molar-refractivity contribution in [2.24, 2.45) is 5.41 Å². The molecule has 0 unspecified atom stereocenters. The van der Waals surface area contributed by atoms with Gasteiger partial charge in [0.2, 0.25) is 0 Å². The molecule has 5 nitrogen and oxygen atoms in total. The molecule has 0 radical (unpaired) electrons. The molecule has 0 aromatic heterocycles. The van der Waals surface area contributed by atoms with Gasteiger partial charge in [0.1, 0.15) is 5.75 Å². The molecule has 1 amide bonds. The summed E-state index contributed by atoms with van der Waals surface area (Å²) in [6.07, 6.45) is 4.08. The Balaban J connectivity index is 1.99. The van der Waals surface area contributed by atoms with E-state index in [4.69, 9.17) is 5.73 Å². The molecule has 104 valence electrons. The summed E-state index contributed by atoms with van der Waals surface area (Å²) in [5.41, 5.74) is 5.94. The zero-order chi connectivity index (χ0) is 13.9. The normalized spacial score (nSPS) is 17.3. The van der Waals surface area contributed by atoms with E-state index in [9.17, 15) is 15.0 Å². The van der Waals surface area contributed by atoms with E-state index in [0.717, 1.165) is 25.7 Å². The van der Waals surface area contributed by atoms with Crippen molar-refractivity contribution in [3.8, 4) is 5.75 Å². The molecule has 5 N–H and O–H groups in total. The van der Waals surface area contributed by atoms with E-state index in [-0.39, 0.29) is 29.4 Å². The predicted octanol–water partition coefficient (Wildman–Crippen LogP) is 1.26. The van der Waals surface area contributed by atoms with E-state index in [0.29, 0.717) is 12.1 Å². The van der Waals surface area contributed by atoms with Gasteiger partial charge in [-0.1, -0.05) is 12.8 Å². The van der Waals surface area contributed by atoms with Gasteiger partial charge < -0.3 is 21.3 Å². The molecule has 1 saturated carbocycles. The minimum absolute atomic E-state index is 0.0922. The molecule has 0 saturated heterocycles. The molecule has 0 bridgehead atoms. The summed E-state index contributed by atoms with van der Waals surface area (Å²) in [6.45, 7) is 0.563. The molecule has 0 aliphatic heterocycles. The highest BCUT2D eigenvalue weighted by Gasteiger charge is 2.33. The molecule has 1 fully saturated rings. The summed E-state index contributed by atoms with van der Waals surface area (Å²) in [5, 5.41) is 21.8. The molecular formula is C14H20N2O3. The standard InChI is InChI=1S/C14H20N2O3/c15-11-4-3-10(7-12(11)18)13(19)16-8-14(9-17)5-1-2-6-14/h3-4,7,17-18H,1-2,5-6,8-9,15H2,(H,16,19). The molecular weight excluding hydrogens is 244 g/mol. The van der Waals surface area contributed by atoms with Crippen LogP contribution in [-0.4, -0.2) is 29.3 Å². The Kier molecular flexibility index (Phi) is 3.95. The highest BCUT2D eigenvalue weighted by atomic mass is 16.3. The molecule has 0 spiro atoms. The lowest BCUT2D eigenvalue weighted by Crippen LogP contribution is -2.38. The number of nitrogen functional groups attached to an aromatic ring is 1. The summed E-state index contributed by atoms with van der Waals surface area (Å²) in [4.78, 5) is 12.0. The molecule has 1 aromatic carbocycles. The number of anilines is 1. The molecule has 19 heavy (non-hydrogen) atoms. The second-order valence-corrected chi connectivity index (χ2v) is 5.32. The third-order valence-corrected chi connectivity index (χ3v) is 3.92. The quantitative estimate of drug-likeness (QED) is 0.486. The number of amides is 1. The number of rotatable bonds is 4. The van der Waals surface area contributed by atoms with Gasteiger partial charge >= 0.3 is 0 Å². The second-order valence-electron chi connectivity index (χ2n) is 5.32. The number of phenols is 1. The van der Waals surface area contributed by atoms with Gasteiger partial charge in [-0.2, -0.15) is 0 Å². The van der Waals surface area contributed by atoms with Crippen LogP contribution in [0.25, 0.3) is 0 Å². The molecule has 0 atom stereocenters. The van der Waals surface area contributed by atoms with Gasteiger partial charge in [-0.05, 0) is 31.0 Å². The first-order chi connectivity index (χ1) is 9.06. The highest BCUT2D eigenvalue weighted by Crippen LogP contribution is 2.36. The van der Waals surface area contributed by atoms with Gasteiger partial charge in [0, 0.05) is 17.5 Å². The number of aliphatic hydroxyl groups is 1. The topological polar surface area (TPSA) is 95.6 Å². The number of hydrogen-bond acceptors (Lipinski definition) is 4. The highest BCUT2D eigenvalue weighted by molar-refractivity contribution is 5.95. The molecule has 2 rings (SSSR count). The van der Waals surface area contributed by atoms with Crippen LogP contribution in [0.3, 0.4) is 0 Å². The largest absolute Gasteiger partial charge is 0.506 e. The predicted molar refractivity (Wildman–Crippen MR) is 72.8 cm³/mol. The number of benzene rings is 1. The van der Waals surface area contributed by atoms with Crippen molar-refractivity contribution < 1.29 is 15.0 Å². The summed E-state index contributed by atoms with van der Waals surface area (Å²) in [7, 11) is 0. The third kappa shape index (κ3) is 2.98. The maximum absolute atomic E-state index is 12.0. The monoisotopic (exact) mass is 264 g/mol. The van der Waals surface area contributed by atoms with E-state index in [1.54, 1.807) is 6.07 Å². The van der Waals surface area contributed by atoms with Crippen LogP contribution in [0.4, 0.5) is 5.69 Å². The fourth-order valence-electron chi connectivity index (χ4n) is 2.57. The number of carbonyl (C=O) groups excluding carboxylic acids is 1. The average Bonchev–Trinajstić information content (AvgIpc) is 2.89. The summed E-state index contributed by atoms with van der Waals surface area (Å²) in [6, 6.07) is 4.43. The van der Waals surface area contributed by atoms with E-state index < -0.39 is 0 Å². The molecule has 1 aliphatic carbocycles. The Bertz CT molecular complexity index is 468. The first kappa shape index (κ1) is 13.7. The van der Waals surface area contributed by atoms with Crippen LogP contribution >= 0.6 is 0 Å². The fourth-order valence-corrected chi connectivity index (χ4v) is 2.57. The van der Waals surface area contributed by atoms with Crippen LogP contribution in [0, 0.1) is 5.41 Å². The number of carbonyl (C=O) groups is 1. The molecule has 5 heteroatoms. The molecule has 0 heterocycles. The number of aliphatic hydroxyl groups excluding tert-OH is 1. The Labute approximate surface area is 112 Å². The van der Waals surface area contributed by atoms with Gasteiger partial charge in [-0.15, -0.1) is 0 Å². The van der Waals surface area contributed by atoms with Crippen molar-refractivity contribution in [1.82, 2.24) is 5.32 Å². The van der Waals surface area contributed by atoms with E-state index in [1.807, 2.05) is 0 Å². The smallest absolute Gasteiger partial charge is 0.251 e. The summed E-state index contributed by atoms with van der Waals surface area (Å²) in [5.74, 6) is -0.347. The summed E-state index contributed by atoms with van der Waals surface area (Å²) < 4.78 is 0. The Morgan fingerprint density at radius 1 is 1.37 bits per heavy atom. The van der Waals surface area contributed by atoms with Gasteiger partial charge in [-0.25, -0.2) is 0 Å². The first-order valence-corrected chi connectivity index (χ1v) is 6.54. The Morgan fingerprint density at radius 3 is 2.63 bits per heavy atom. The Hall–Kier alpha value is -1.75. The van der Waals surface area contributed by atoms with Crippen LogP contribution in [0.2, 0.25) is 0 Å². The van der Waals surface area contributed by atoms with E-state index >= 15 is 0 Å². The van der Waals surface area contributed by atoms with Crippen LogP contribution in [0.1, 0.15) is 36.0 Å². The SMILES string of the molecule is Nc1ccc(C(=O)NCC2(CO)CCCC2)cc1O.